The first-order valence-corrected chi connectivity index (χ1v) is 8.01. The van der Waals surface area contributed by atoms with E-state index in [0.29, 0.717) is 19.0 Å². The lowest BCUT2D eigenvalue weighted by atomic mass is 9.87. The molecule has 0 spiro atoms. The number of nitrogens with zero attached hydrogens (tertiary/aromatic N) is 1. The van der Waals surface area contributed by atoms with Crippen molar-refractivity contribution < 1.29 is 8.42 Å². The summed E-state index contributed by atoms with van der Waals surface area (Å²) in [7, 11) is -3.07. The zero-order valence-electron chi connectivity index (χ0n) is 10.5. The number of fused-ring (bicyclic) bond motifs is 3. The van der Waals surface area contributed by atoms with Gasteiger partial charge in [-0.1, -0.05) is 24.3 Å². The minimum absolute atomic E-state index is 0.189. The Morgan fingerprint density at radius 3 is 2.89 bits per heavy atom. The van der Waals surface area contributed by atoms with Crippen molar-refractivity contribution in [2.45, 2.75) is 25.4 Å². The zero-order valence-corrected chi connectivity index (χ0v) is 11.3. The molecule has 4 nitrogen and oxygen atoms in total. The highest BCUT2D eigenvalue weighted by Crippen LogP contribution is 2.34. The molecule has 0 amide bonds. The van der Waals surface area contributed by atoms with E-state index < -0.39 is 10.0 Å². The molecule has 18 heavy (non-hydrogen) atoms. The molecule has 0 saturated carbocycles. The summed E-state index contributed by atoms with van der Waals surface area (Å²) < 4.78 is 25.5. The van der Waals surface area contributed by atoms with Crippen molar-refractivity contribution in [1.82, 2.24) is 9.62 Å². The van der Waals surface area contributed by atoms with Gasteiger partial charge in [-0.05, 0) is 18.1 Å². The summed E-state index contributed by atoms with van der Waals surface area (Å²) in [5.41, 5.74) is 2.62. The normalized spacial score (nSPS) is 27.8. The van der Waals surface area contributed by atoms with E-state index in [1.807, 2.05) is 12.1 Å². The highest BCUT2D eigenvalue weighted by atomic mass is 32.2. The van der Waals surface area contributed by atoms with E-state index in [1.54, 1.807) is 11.2 Å². The van der Waals surface area contributed by atoms with Gasteiger partial charge in [-0.2, -0.15) is 4.31 Å². The predicted molar refractivity (Wildman–Crippen MR) is 70.8 cm³/mol. The zero-order chi connectivity index (χ0) is 12.8. The first-order valence-electron chi connectivity index (χ1n) is 6.41. The average Bonchev–Trinajstić information content (AvgIpc) is 2.84. The molecular formula is C13H18N2O2S. The summed E-state index contributed by atoms with van der Waals surface area (Å²) in [5, 5.41) is 3.46. The molecule has 1 saturated heterocycles. The fourth-order valence-electron chi connectivity index (χ4n) is 3.00. The van der Waals surface area contributed by atoms with E-state index in [-0.39, 0.29) is 11.8 Å². The van der Waals surface area contributed by atoms with E-state index in [2.05, 4.69) is 17.4 Å². The van der Waals surface area contributed by atoms with Crippen LogP contribution in [-0.2, 0) is 16.6 Å². The smallest absolute Gasteiger partial charge is 0.213 e. The van der Waals surface area contributed by atoms with Gasteiger partial charge in [-0.3, -0.25) is 0 Å². The van der Waals surface area contributed by atoms with Gasteiger partial charge in [0.2, 0.25) is 10.0 Å². The largest absolute Gasteiger partial charge is 0.308 e. The van der Waals surface area contributed by atoms with Crippen molar-refractivity contribution in [3.05, 3.63) is 35.4 Å². The Kier molecular flexibility index (Phi) is 2.92. The topological polar surface area (TPSA) is 49.4 Å². The Labute approximate surface area is 108 Å². The molecule has 2 heterocycles. The molecule has 1 N–H and O–H groups in total. The van der Waals surface area contributed by atoms with Crippen LogP contribution in [0.5, 0.6) is 0 Å². The maximum absolute atomic E-state index is 12.0. The maximum Gasteiger partial charge on any atom is 0.213 e. The SMILES string of the molecule is CCS(=O)(=O)N1C[C@@H]2c3ccccc3CN[C@@H]2C1. The molecule has 0 aliphatic carbocycles. The Morgan fingerprint density at radius 2 is 2.11 bits per heavy atom. The molecule has 1 aromatic carbocycles. The summed E-state index contributed by atoms with van der Waals surface area (Å²) in [5.74, 6) is 0.491. The third-order valence-corrected chi connectivity index (χ3v) is 5.87. The van der Waals surface area contributed by atoms with Crippen molar-refractivity contribution in [1.29, 1.82) is 0 Å². The molecule has 2 aliphatic heterocycles. The number of nitrogens with one attached hydrogen (secondary N) is 1. The fraction of sp³-hybridized carbons (Fsp3) is 0.538. The van der Waals surface area contributed by atoms with Crippen LogP contribution in [0.4, 0.5) is 0 Å². The van der Waals surface area contributed by atoms with Gasteiger partial charge in [0, 0.05) is 31.6 Å². The monoisotopic (exact) mass is 266 g/mol. The number of sulfonamides is 1. The minimum atomic E-state index is -3.07. The standard InChI is InChI=1S/C13H18N2O2S/c1-2-18(16,17)15-8-12-11-6-4-3-5-10(11)7-14-13(12)9-15/h3-6,12-14H,2,7-9H2,1H3/t12-,13-/m1/s1. The van der Waals surface area contributed by atoms with E-state index in [1.165, 1.54) is 11.1 Å². The number of rotatable bonds is 2. The Balaban J connectivity index is 1.91. The van der Waals surface area contributed by atoms with Gasteiger partial charge in [0.05, 0.1) is 5.75 Å². The molecule has 5 heteroatoms. The lowest BCUT2D eigenvalue weighted by Crippen LogP contribution is -2.39. The van der Waals surface area contributed by atoms with E-state index in [9.17, 15) is 8.42 Å². The lowest BCUT2D eigenvalue weighted by molar-refractivity contribution is 0.450. The number of hydrogen-bond acceptors (Lipinski definition) is 3. The van der Waals surface area contributed by atoms with Crippen molar-refractivity contribution in [2.75, 3.05) is 18.8 Å². The quantitative estimate of drug-likeness (QED) is 0.865. The van der Waals surface area contributed by atoms with Crippen LogP contribution in [0, 0.1) is 0 Å². The van der Waals surface area contributed by atoms with Gasteiger partial charge in [0.1, 0.15) is 0 Å². The molecule has 2 aliphatic rings. The maximum atomic E-state index is 12.0. The minimum Gasteiger partial charge on any atom is -0.308 e. The van der Waals surface area contributed by atoms with Crippen LogP contribution in [-0.4, -0.2) is 37.6 Å². The van der Waals surface area contributed by atoms with Crippen LogP contribution in [0.2, 0.25) is 0 Å². The second-order valence-corrected chi connectivity index (χ2v) is 7.27. The van der Waals surface area contributed by atoms with Gasteiger partial charge < -0.3 is 5.32 Å². The highest BCUT2D eigenvalue weighted by Gasteiger charge is 2.41. The molecule has 0 aromatic heterocycles. The number of hydrogen-bond donors (Lipinski definition) is 1. The second-order valence-electron chi connectivity index (χ2n) is 5.01. The third-order valence-electron chi connectivity index (χ3n) is 4.05. The van der Waals surface area contributed by atoms with Crippen LogP contribution in [0.15, 0.2) is 24.3 Å². The Hall–Kier alpha value is -0.910. The highest BCUT2D eigenvalue weighted by molar-refractivity contribution is 7.89. The van der Waals surface area contributed by atoms with Crippen molar-refractivity contribution >= 4 is 10.0 Å². The molecular weight excluding hydrogens is 248 g/mol. The molecule has 0 radical (unpaired) electrons. The molecule has 1 aromatic rings. The van der Waals surface area contributed by atoms with Crippen LogP contribution in [0.25, 0.3) is 0 Å². The van der Waals surface area contributed by atoms with Gasteiger partial charge >= 0.3 is 0 Å². The Bertz CT molecular complexity index is 556. The third kappa shape index (κ3) is 1.86. The summed E-state index contributed by atoms with van der Waals surface area (Å²) in [6.07, 6.45) is 0. The van der Waals surface area contributed by atoms with Gasteiger partial charge in [-0.25, -0.2) is 8.42 Å². The van der Waals surface area contributed by atoms with Crippen LogP contribution in [0.1, 0.15) is 24.0 Å². The van der Waals surface area contributed by atoms with Gasteiger partial charge in [-0.15, -0.1) is 0 Å². The summed E-state index contributed by atoms with van der Waals surface area (Å²) >= 11 is 0. The van der Waals surface area contributed by atoms with Crippen molar-refractivity contribution in [3.8, 4) is 0 Å². The van der Waals surface area contributed by atoms with Crippen molar-refractivity contribution in [2.24, 2.45) is 0 Å². The molecule has 2 atom stereocenters. The van der Waals surface area contributed by atoms with Crippen LogP contribution in [0.3, 0.4) is 0 Å². The Morgan fingerprint density at radius 1 is 1.33 bits per heavy atom. The van der Waals surface area contributed by atoms with Gasteiger partial charge in [0.25, 0.3) is 0 Å². The van der Waals surface area contributed by atoms with E-state index >= 15 is 0 Å². The second kappa shape index (κ2) is 4.33. The average molecular weight is 266 g/mol. The summed E-state index contributed by atoms with van der Waals surface area (Å²) in [6.45, 7) is 3.77. The van der Waals surface area contributed by atoms with Crippen LogP contribution < -0.4 is 5.32 Å². The van der Waals surface area contributed by atoms with Crippen LogP contribution >= 0.6 is 0 Å². The molecule has 1 fully saturated rings. The van der Waals surface area contributed by atoms with E-state index in [0.717, 1.165) is 6.54 Å². The molecule has 0 unspecified atom stereocenters. The summed E-state index contributed by atoms with van der Waals surface area (Å²) in [4.78, 5) is 0. The fourth-order valence-corrected chi connectivity index (χ4v) is 4.14. The van der Waals surface area contributed by atoms with Crippen molar-refractivity contribution in [3.63, 3.8) is 0 Å². The van der Waals surface area contributed by atoms with Gasteiger partial charge in [0.15, 0.2) is 0 Å². The first-order chi connectivity index (χ1) is 8.62. The van der Waals surface area contributed by atoms with E-state index in [4.69, 9.17) is 0 Å². The predicted octanol–water partition coefficient (Wildman–Crippen LogP) is 0.907. The summed E-state index contributed by atoms with van der Waals surface area (Å²) in [6, 6.07) is 8.60. The molecule has 3 rings (SSSR count). The number of benzene rings is 1. The lowest BCUT2D eigenvalue weighted by Gasteiger charge is -2.28. The molecule has 98 valence electrons. The first kappa shape index (κ1) is 12.1. The molecule has 0 bridgehead atoms.